The fraction of sp³-hybridized carbons (Fsp3) is 0.381. The fourth-order valence-corrected chi connectivity index (χ4v) is 7.63. The molecular formula is C21H19ClF2N2O4S. The highest BCUT2D eigenvalue weighted by atomic mass is 35.5. The number of rotatable bonds is 2. The molecule has 1 N–H and O–H groups in total. The number of carbonyl (C=O) groups excluding carboxylic acids is 1. The quantitative estimate of drug-likeness (QED) is 0.730. The zero-order valence-electron chi connectivity index (χ0n) is 16.3. The van der Waals surface area contributed by atoms with Gasteiger partial charge in [0.2, 0.25) is 0 Å². The number of hydrogen-bond acceptors (Lipinski definition) is 4. The zero-order chi connectivity index (χ0) is 22.0. The molecule has 2 aromatic rings. The monoisotopic (exact) mass is 468 g/mol. The second-order valence-corrected chi connectivity index (χ2v) is 10.7. The fourth-order valence-electron chi connectivity index (χ4n) is 5.20. The van der Waals surface area contributed by atoms with E-state index in [0.717, 1.165) is 12.1 Å². The molecule has 0 radical (unpaired) electrons. The summed E-state index contributed by atoms with van der Waals surface area (Å²) >= 11 is 5.93. The van der Waals surface area contributed by atoms with Crippen LogP contribution in [0.5, 0.6) is 5.75 Å². The lowest BCUT2D eigenvalue weighted by Gasteiger charge is -2.55. The maximum absolute atomic E-state index is 15.2. The Hall–Kier alpha value is -2.39. The Labute approximate surface area is 183 Å². The number of amides is 2. The summed E-state index contributed by atoms with van der Waals surface area (Å²) in [6, 6.07) is 5.72. The first-order valence-corrected chi connectivity index (χ1v) is 11.8. The minimum absolute atomic E-state index is 0.0355. The minimum Gasteiger partial charge on any atom is -0.488 e. The van der Waals surface area contributed by atoms with E-state index in [1.807, 2.05) is 0 Å². The van der Waals surface area contributed by atoms with E-state index in [9.17, 15) is 17.6 Å². The topological polar surface area (TPSA) is 75.7 Å². The highest BCUT2D eigenvalue weighted by Gasteiger charge is 2.63. The number of benzene rings is 2. The van der Waals surface area contributed by atoms with Crippen LogP contribution in [0, 0.1) is 11.6 Å². The Morgan fingerprint density at radius 3 is 2.55 bits per heavy atom. The first kappa shape index (κ1) is 20.5. The van der Waals surface area contributed by atoms with Gasteiger partial charge in [0.15, 0.2) is 21.4 Å². The minimum atomic E-state index is -4.29. The first-order chi connectivity index (χ1) is 14.8. The first-order valence-electron chi connectivity index (χ1n) is 9.95. The number of nitrogens with zero attached hydrogens (tertiary/aromatic N) is 1. The number of ether oxygens (including phenoxy) is 1. The molecule has 5 rings (SSSR count). The molecule has 0 unspecified atom stereocenters. The second-order valence-electron chi connectivity index (χ2n) is 8.03. The van der Waals surface area contributed by atoms with E-state index >= 15 is 4.39 Å². The average Bonchev–Trinajstić information content (AvgIpc) is 2.75. The van der Waals surface area contributed by atoms with E-state index in [1.54, 1.807) is 0 Å². The third-order valence-electron chi connectivity index (χ3n) is 6.58. The van der Waals surface area contributed by atoms with Gasteiger partial charge in [-0.2, -0.15) is 0 Å². The molecule has 164 valence electrons. The van der Waals surface area contributed by atoms with Gasteiger partial charge in [0.05, 0.1) is 16.5 Å². The van der Waals surface area contributed by atoms with Crippen LogP contribution in [-0.4, -0.2) is 44.6 Å². The SMILES string of the molecule is O=C1NCC[C@@H]2CC[C@@]3(S(=O)(=O)c4ccc(Cl)cc4)c4c(F)ccc(F)c4OC[C@H]3N12. The second kappa shape index (κ2) is 7.06. The molecule has 2 aromatic carbocycles. The standard InChI is InChI=1S/C21H19ClF2N2O4S/c22-12-1-3-14(4-2-12)31(28,29)21-9-7-13-8-10-25-20(27)26(13)17(21)11-30-19-16(24)6-5-15(23)18(19)21/h1-6,13,17H,7-11H2,(H,25,27)/t13-,17+,21-/m0/s1. The van der Waals surface area contributed by atoms with Crippen molar-refractivity contribution in [1.29, 1.82) is 0 Å². The predicted molar refractivity (Wildman–Crippen MR) is 109 cm³/mol. The van der Waals surface area contributed by atoms with Gasteiger partial charge >= 0.3 is 6.03 Å². The summed E-state index contributed by atoms with van der Waals surface area (Å²) in [6.45, 7) is 0.216. The van der Waals surface area contributed by atoms with Crippen LogP contribution in [0.25, 0.3) is 0 Å². The van der Waals surface area contributed by atoms with Crippen molar-refractivity contribution in [3.05, 3.63) is 58.6 Å². The number of urea groups is 1. The van der Waals surface area contributed by atoms with Crippen LogP contribution in [0.3, 0.4) is 0 Å². The van der Waals surface area contributed by atoms with Gasteiger partial charge in [-0.3, -0.25) is 0 Å². The lowest BCUT2D eigenvalue weighted by atomic mass is 9.77. The van der Waals surface area contributed by atoms with Crippen LogP contribution in [0.2, 0.25) is 5.02 Å². The Bertz CT molecular complexity index is 1170. The number of hydrogen-bond donors (Lipinski definition) is 1. The summed E-state index contributed by atoms with van der Waals surface area (Å²) in [7, 11) is -4.29. The van der Waals surface area contributed by atoms with E-state index in [2.05, 4.69) is 5.32 Å². The van der Waals surface area contributed by atoms with E-state index < -0.39 is 44.0 Å². The van der Waals surface area contributed by atoms with Crippen LogP contribution in [-0.2, 0) is 14.6 Å². The molecule has 0 spiro atoms. The number of nitrogens with one attached hydrogen (secondary N) is 1. The van der Waals surface area contributed by atoms with E-state index in [-0.39, 0.29) is 29.5 Å². The summed E-state index contributed by atoms with van der Waals surface area (Å²) in [5.41, 5.74) is -0.351. The molecule has 3 aliphatic rings. The maximum Gasteiger partial charge on any atom is 0.318 e. The van der Waals surface area contributed by atoms with Crippen molar-refractivity contribution in [2.45, 2.75) is 41.0 Å². The third kappa shape index (κ3) is 2.79. The van der Waals surface area contributed by atoms with Gasteiger partial charge in [-0.25, -0.2) is 22.0 Å². The van der Waals surface area contributed by atoms with Crippen LogP contribution in [0.1, 0.15) is 24.8 Å². The molecule has 0 bridgehead atoms. The Morgan fingerprint density at radius 1 is 1.10 bits per heavy atom. The Morgan fingerprint density at radius 2 is 1.81 bits per heavy atom. The van der Waals surface area contributed by atoms with Crippen molar-refractivity contribution >= 4 is 27.5 Å². The molecule has 0 saturated carbocycles. The van der Waals surface area contributed by atoms with Crippen molar-refractivity contribution in [1.82, 2.24) is 10.2 Å². The van der Waals surface area contributed by atoms with Crippen LogP contribution in [0.4, 0.5) is 13.6 Å². The molecular weight excluding hydrogens is 450 g/mol. The Balaban J connectivity index is 1.80. The van der Waals surface area contributed by atoms with Crippen LogP contribution < -0.4 is 10.1 Å². The molecule has 0 aromatic heterocycles. The summed E-state index contributed by atoms with van der Waals surface area (Å²) in [4.78, 5) is 14.2. The van der Waals surface area contributed by atoms with Gasteiger partial charge in [-0.15, -0.1) is 0 Å². The van der Waals surface area contributed by atoms with Crippen LogP contribution in [0.15, 0.2) is 41.3 Å². The lowest BCUT2D eigenvalue weighted by molar-refractivity contribution is 0.0210. The van der Waals surface area contributed by atoms with Crippen molar-refractivity contribution in [3.63, 3.8) is 0 Å². The Kier molecular flexibility index (Phi) is 4.67. The molecule has 31 heavy (non-hydrogen) atoms. The molecule has 10 heteroatoms. The van der Waals surface area contributed by atoms with Gasteiger partial charge < -0.3 is 15.0 Å². The number of fused-ring (bicyclic) bond motifs is 5. The molecule has 3 atom stereocenters. The average molecular weight is 469 g/mol. The number of piperidine rings is 1. The molecule has 3 aliphatic heterocycles. The summed E-state index contributed by atoms with van der Waals surface area (Å²) in [6.07, 6.45) is 1.01. The molecule has 6 nitrogen and oxygen atoms in total. The van der Waals surface area contributed by atoms with Crippen molar-refractivity contribution in [3.8, 4) is 5.75 Å². The van der Waals surface area contributed by atoms with Gasteiger partial charge in [-0.05, 0) is 55.7 Å². The van der Waals surface area contributed by atoms with E-state index in [1.165, 1.54) is 29.2 Å². The third-order valence-corrected chi connectivity index (χ3v) is 9.36. The number of halogens is 3. The van der Waals surface area contributed by atoms with Crippen molar-refractivity contribution < 1.29 is 26.7 Å². The molecule has 3 heterocycles. The summed E-state index contributed by atoms with van der Waals surface area (Å²) < 4.78 is 61.8. The molecule has 2 fully saturated rings. The van der Waals surface area contributed by atoms with E-state index in [0.29, 0.717) is 24.4 Å². The molecule has 2 amide bonds. The zero-order valence-corrected chi connectivity index (χ0v) is 17.8. The maximum atomic E-state index is 15.2. The summed E-state index contributed by atoms with van der Waals surface area (Å²) in [5.74, 6) is -2.13. The van der Waals surface area contributed by atoms with Gasteiger partial charge in [0.1, 0.15) is 17.2 Å². The van der Waals surface area contributed by atoms with Crippen molar-refractivity contribution in [2.75, 3.05) is 13.2 Å². The molecule has 2 saturated heterocycles. The normalized spacial score (nSPS) is 27.5. The number of carbonyl (C=O) groups is 1. The summed E-state index contributed by atoms with van der Waals surface area (Å²) in [5, 5.41) is 3.08. The predicted octanol–water partition coefficient (Wildman–Crippen LogP) is 3.63. The van der Waals surface area contributed by atoms with Crippen molar-refractivity contribution in [2.24, 2.45) is 0 Å². The number of sulfone groups is 1. The van der Waals surface area contributed by atoms with Crippen LogP contribution >= 0.6 is 11.6 Å². The highest BCUT2D eigenvalue weighted by molar-refractivity contribution is 7.92. The van der Waals surface area contributed by atoms with Gasteiger partial charge in [-0.1, -0.05) is 11.6 Å². The largest absolute Gasteiger partial charge is 0.488 e. The lowest BCUT2D eigenvalue weighted by Crippen LogP contribution is -2.70. The highest BCUT2D eigenvalue weighted by Crippen LogP contribution is 2.55. The van der Waals surface area contributed by atoms with Gasteiger partial charge in [0.25, 0.3) is 0 Å². The van der Waals surface area contributed by atoms with E-state index in [4.69, 9.17) is 16.3 Å². The molecule has 0 aliphatic carbocycles. The van der Waals surface area contributed by atoms with Gasteiger partial charge in [0, 0.05) is 17.6 Å². The smallest absolute Gasteiger partial charge is 0.318 e.